The first-order chi connectivity index (χ1) is 8.74. The van der Waals surface area contributed by atoms with E-state index in [-0.39, 0.29) is 0 Å². The molecule has 4 unspecified atom stereocenters. The van der Waals surface area contributed by atoms with Crippen molar-refractivity contribution in [2.75, 3.05) is 20.1 Å². The Hall–Kier alpha value is -0.570. The van der Waals surface area contributed by atoms with E-state index in [1.807, 2.05) is 11.9 Å². The highest BCUT2D eigenvalue weighted by atomic mass is 16.2. The lowest BCUT2D eigenvalue weighted by Crippen LogP contribution is -2.31. The van der Waals surface area contributed by atoms with E-state index < -0.39 is 0 Å². The minimum atomic E-state index is 0.413. The number of nitrogens with two attached hydrogens (primary N) is 1. The second kappa shape index (κ2) is 4.84. The fraction of sp³-hybridized carbons (Fsp3) is 0.933. The third-order valence-corrected chi connectivity index (χ3v) is 5.59. The molecular weight excluding hydrogens is 224 g/mol. The number of hydrogen-bond donors (Lipinski definition) is 1. The second-order valence-corrected chi connectivity index (χ2v) is 6.62. The predicted octanol–water partition coefficient (Wildman–Crippen LogP) is 1.87. The van der Waals surface area contributed by atoms with Gasteiger partial charge in [-0.2, -0.15) is 0 Å². The molecule has 2 N–H and O–H groups in total. The summed E-state index contributed by atoms with van der Waals surface area (Å²) in [6.07, 6.45) is 7.57. The molecule has 4 atom stereocenters. The highest BCUT2D eigenvalue weighted by Gasteiger charge is 2.67. The maximum atomic E-state index is 12.4. The number of carbonyl (C=O) groups is 1. The summed E-state index contributed by atoms with van der Waals surface area (Å²) in [6.45, 7) is 1.69. The summed E-state index contributed by atoms with van der Waals surface area (Å²) in [5.74, 6) is 4.22. The Balaban J connectivity index is 1.45. The van der Waals surface area contributed by atoms with Gasteiger partial charge in [0.2, 0.25) is 5.91 Å². The largest absolute Gasteiger partial charge is 0.346 e. The molecule has 18 heavy (non-hydrogen) atoms. The molecule has 0 heterocycles. The van der Waals surface area contributed by atoms with Crippen LogP contribution in [-0.2, 0) is 4.79 Å². The van der Waals surface area contributed by atoms with Gasteiger partial charge in [0, 0.05) is 19.5 Å². The van der Waals surface area contributed by atoms with Crippen LogP contribution in [0.25, 0.3) is 0 Å². The third kappa shape index (κ3) is 1.97. The Morgan fingerprint density at radius 2 is 1.83 bits per heavy atom. The monoisotopic (exact) mass is 250 g/mol. The summed E-state index contributed by atoms with van der Waals surface area (Å²) in [6, 6.07) is 0. The SMILES string of the molecule is CN(CCCCCN)C(=O)C1C2C3CCC(C3)C12. The summed E-state index contributed by atoms with van der Waals surface area (Å²) in [5, 5.41) is 0. The molecule has 0 radical (unpaired) electrons. The molecular formula is C15H26N2O. The quantitative estimate of drug-likeness (QED) is 0.731. The van der Waals surface area contributed by atoms with Crippen molar-refractivity contribution in [3.8, 4) is 0 Å². The van der Waals surface area contributed by atoms with E-state index in [0.717, 1.165) is 56.0 Å². The van der Waals surface area contributed by atoms with Crippen LogP contribution < -0.4 is 5.73 Å². The molecule has 1 amide bonds. The Bertz CT molecular complexity index is 314. The standard InChI is InChI=1S/C15H26N2O/c1-17(8-4-2-3-7-16)15(18)14-12-10-5-6-11(9-10)13(12)14/h10-14H,2-9,16H2,1H3. The molecule has 0 saturated heterocycles. The fourth-order valence-electron chi connectivity index (χ4n) is 4.69. The topological polar surface area (TPSA) is 46.3 Å². The van der Waals surface area contributed by atoms with E-state index in [1.165, 1.54) is 19.3 Å². The van der Waals surface area contributed by atoms with Crippen molar-refractivity contribution < 1.29 is 4.79 Å². The van der Waals surface area contributed by atoms with Gasteiger partial charge in [-0.25, -0.2) is 0 Å². The van der Waals surface area contributed by atoms with Gasteiger partial charge in [0.15, 0.2) is 0 Å². The van der Waals surface area contributed by atoms with Crippen LogP contribution in [0.3, 0.4) is 0 Å². The maximum absolute atomic E-state index is 12.4. The molecule has 0 aliphatic heterocycles. The molecule has 3 rings (SSSR count). The first kappa shape index (κ1) is 12.5. The molecule has 0 spiro atoms. The maximum Gasteiger partial charge on any atom is 0.226 e. The molecule has 2 bridgehead atoms. The van der Waals surface area contributed by atoms with Crippen molar-refractivity contribution in [3.05, 3.63) is 0 Å². The molecule has 0 aromatic rings. The minimum Gasteiger partial charge on any atom is -0.346 e. The Labute approximate surface area is 110 Å². The van der Waals surface area contributed by atoms with Crippen molar-refractivity contribution in [3.63, 3.8) is 0 Å². The van der Waals surface area contributed by atoms with Crippen molar-refractivity contribution in [1.82, 2.24) is 4.90 Å². The fourth-order valence-corrected chi connectivity index (χ4v) is 4.69. The Morgan fingerprint density at radius 3 is 2.44 bits per heavy atom. The molecule has 3 nitrogen and oxygen atoms in total. The number of fused-ring (bicyclic) bond motifs is 5. The molecule has 3 fully saturated rings. The van der Waals surface area contributed by atoms with Crippen LogP contribution in [0.5, 0.6) is 0 Å². The summed E-state index contributed by atoms with van der Waals surface area (Å²) < 4.78 is 0. The Kier molecular flexibility index (Phi) is 3.35. The third-order valence-electron chi connectivity index (χ3n) is 5.59. The summed E-state index contributed by atoms with van der Waals surface area (Å²) >= 11 is 0. The van der Waals surface area contributed by atoms with Gasteiger partial charge < -0.3 is 10.6 Å². The highest BCUT2D eigenvalue weighted by molar-refractivity contribution is 5.82. The summed E-state index contributed by atoms with van der Waals surface area (Å²) in [5.41, 5.74) is 5.48. The summed E-state index contributed by atoms with van der Waals surface area (Å²) in [7, 11) is 1.99. The molecule has 0 aromatic heterocycles. The molecule has 3 aliphatic rings. The first-order valence-corrected chi connectivity index (χ1v) is 7.69. The molecule has 3 aliphatic carbocycles. The van der Waals surface area contributed by atoms with Crippen molar-refractivity contribution >= 4 is 5.91 Å². The predicted molar refractivity (Wildman–Crippen MR) is 71.8 cm³/mol. The van der Waals surface area contributed by atoms with Crippen LogP contribution in [0.2, 0.25) is 0 Å². The number of carbonyl (C=O) groups excluding carboxylic acids is 1. The second-order valence-electron chi connectivity index (χ2n) is 6.62. The van der Waals surface area contributed by atoms with Crippen LogP contribution in [0.15, 0.2) is 0 Å². The smallest absolute Gasteiger partial charge is 0.226 e. The van der Waals surface area contributed by atoms with Crippen LogP contribution >= 0.6 is 0 Å². The van der Waals surface area contributed by atoms with Gasteiger partial charge in [-0.15, -0.1) is 0 Å². The van der Waals surface area contributed by atoms with Gasteiger partial charge in [0.25, 0.3) is 0 Å². The summed E-state index contributed by atoms with van der Waals surface area (Å²) in [4.78, 5) is 14.4. The molecule has 102 valence electrons. The Morgan fingerprint density at radius 1 is 1.17 bits per heavy atom. The van der Waals surface area contributed by atoms with E-state index in [9.17, 15) is 4.79 Å². The average Bonchev–Trinajstić information content (AvgIpc) is 2.81. The zero-order valence-corrected chi connectivity index (χ0v) is 11.5. The molecule has 0 aromatic carbocycles. The number of nitrogens with zero attached hydrogens (tertiary/aromatic N) is 1. The molecule has 3 heteroatoms. The van der Waals surface area contributed by atoms with Crippen LogP contribution in [0.1, 0.15) is 38.5 Å². The molecule has 3 saturated carbocycles. The van der Waals surface area contributed by atoms with Crippen LogP contribution in [0.4, 0.5) is 0 Å². The van der Waals surface area contributed by atoms with E-state index in [2.05, 4.69) is 0 Å². The van der Waals surface area contributed by atoms with Crippen LogP contribution in [0, 0.1) is 29.6 Å². The van der Waals surface area contributed by atoms with Crippen molar-refractivity contribution in [1.29, 1.82) is 0 Å². The van der Waals surface area contributed by atoms with Gasteiger partial charge in [-0.1, -0.05) is 6.42 Å². The van der Waals surface area contributed by atoms with Gasteiger partial charge in [-0.3, -0.25) is 4.79 Å². The lowest BCUT2D eigenvalue weighted by molar-refractivity contribution is -0.132. The van der Waals surface area contributed by atoms with Crippen LogP contribution in [-0.4, -0.2) is 30.9 Å². The minimum absolute atomic E-state index is 0.413. The lowest BCUT2D eigenvalue weighted by Gasteiger charge is -2.19. The first-order valence-electron chi connectivity index (χ1n) is 7.69. The van der Waals surface area contributed by atoms with Gasteiger partial charge >= 0.3 is 0 Å². The van der Waals surface area contributed by atoms with Gasteiger partial charge in [0.05, 0.1) is 0 Å². The van der Waals surface area contributed by atoms with Crippen molar-refractivity contribution in [2.45, 2.75) is 38.5 Å². The lowest BCUT2D eigenvalue weighted by atomic mass is 10.0. The number of amides is 1. The normalized spacial score (nSPS) is 39.8. The van der Waals surface area contributed by atoms with Crippen molar-refractivity contribution in [2.24, 2.45) is 35.3 Å². The van der Waals surface area contributed by atoms with E-state index >= 15 is 0 Å². The number of hydrogen-bond acceptors (Lipinski definition) is 2. The zero-order valence-electron chi connectivity index (χ0n) is 11.5. The van der Waals surface area contributed by atoms with Gasteiger partial charge in [-0.05, 0) is 62.3 Å². The van der Waals surface area contributed by atoms with E-state index in [0.29, 0.717) is 11.8 Å². The highest BCUT2D eigenvalue weighted by Crippen LogP contribution is 2.69. The zero-order chi connectivity index (χ0) is 12.7. The van der Waals surface area contributed by atoms with E-state index in [1.54, 1.807) is 0 Å². The average molecular weight is 250 g/mol. The van der Waals surface area contributed by atoms with E-state index in [4.69, 9.17) is 5.73 Å². The van der Waals surface area contributed by atoms with Gasteiger partial charge in [0.1, 0.15) is 0 Å². The number of rotatable bonds is 6. The number of unbranched alkanes of at least 4 members (excludes halogenated alkanes) is 2.